The Bertz CT molecular complexity index is 1310. The van der Waals surface area contributed by atoms with Gasteiger partial charge in [0.15, 0.2) is 0 Å². The summed E-state index contributed by atoms with van der Waals surface area (Å²) < 4.78 is 4.25. The first-order chi connectivity index (χ1) is 15.9. The highest BCUT2D eigenvalue weighted by atomic mass is 79.9. The lowest BCUT2D eigenvalue weighted by Crippen LogP contribution is -3.00. The number of aromatic nitrogens is 2. The maximum absolute atomic E-state index is 13.1. The Balaban J connectivity index is 0.00000274. The van der Waals surface area contributed by atoms with Crippen molar-refractivity contribution >= 4 is 32.6 Å². The largest absolute Gasteiger partial charge is 1.00 e. The van der Waals surface area contributed by atoms with E-state index in [0.717, 1.165) is 52.7 Å². The van der Waals surface area contributed by atoms with Crippen LogP contribution in [0.4, 0.5) is 0 Å². The fourth-order valence-electron chi connectivity index (χ4n) is 5.08. The van der Waals surface area contributed by atoms with Gasteiger partial charge in [0.2, 0.25) is 5.78 Å². The van der Waals surface area contributed by atoms with E-state index in [0.29, 0.717) is 6.54 Å². The van der Waals surface area contributed by atoms with E-state index in [4.69, 9.17) is 0 Å². The van der Waals surface area contributed by atoms with Gasteiger partial charge in [0, 0.05) is 57.1 Å². The summed E-state index contributed by atoms with van der Waals surface area (Å²) in [6, 6.07) is 20.7. The number of ketones is 1. The number of fused-ring (bicyclic) bond motifs is 3. The average Bonchev–Trinajstić information content (AvgIpc) is 3.11. The second-order valence-corrected chi connectivity index (χ2v) is 10.4. The first-order valence-corrected chi connectivity index (χ1v) is 12.3. The molecule has 0 saturated carbocycles. The standard InChI is InChI=1S/C28H29BrN3O.BrH/c1-20-7-8-21(17-30-20)13-15-31-26-6-4-3-5-24(26)25-18-32(2,16-14-27(25)31)19-28(33)22-9-11-23(29)12-10-22;/h3-12,17H,13-16,18-19H2,1-2H3;1H/q+1;/p-1. The minimum Gasteiger partial charge on any atom is -1.00 e. The number of Topliss-reactive ketones (excluding diaryl/α,β-unsaturated/α-hetero) is 1. The number of hydrogen-bond donors (Lipinski definition) is 0. The summed E-state index contributed by atoms with van der Waals surface area (Å²) in [7, 11) is 2.23. The Morgan fingerprint density at radius 3 is 2.59 bits per heavy atom. The molecule has 0 amide bonds. The summed E-state index contributed by atoms with van der Waals surface area (Å²) in [6.07, 6.45) is 3.95. The molecule has 2 aromatic carbocycles. The van der Waals surface area contributed by atoms with Crippen LogP contribution in [0.15, 0.2) is 71.3 Å². The Hall–Kier alpha value is -2.28. The number of para-hydroxylation sites is 1. The number of carbonyl (C=O) groups is 1. The molecule has 0 spiro atoms. The topological polar surface area (TPSA) is 34.9 Å². The molecule has 176 valence electrons. The fraction of sp³-hybridized carbons (Fsp3) is 0.286. The molecule has 0 fully saturated rings. The molecule has 0 bridgehead atoms. The third-order valence-electron chi connectivity index (χ3n) is 6.91. The van der Waals surface area contributed by atoms with Crippen molar-refractivity contribution in [2.75, 3.05) is 20.1 Å². The number of benzene rings is 2. The van der Waals surface area contributed by atoms with Crippen LogP contribution in [0.3, 0.4) is 0 Å². The second-order valence-electron chi connectivity index (χ2n) is 9.49. The number of carbonyl (C=O) groups excluding carboxylic acids is 1. The van der Waals surface area contributed by atoms with Crippen LogP contribution < -0.4 is 17.0 Å². The number of aryl methyl sites for hydroxylation is 3. The molecule has 3 heterocycles. The van der Waals surface area contributed by atoms with Gasteiger partial charge in [0.1, 0.15) is 13.1 Å². The summed E-state index contributed by atoms with van der Waals surface area (Å²) >= 11 is 3.46. The molecule has 6 heteroatoms. The van der Waals surface area contributed by atoms with E-state index in [1.807, 2.05) is 37.4 Å². The molecule has 5 rings (SSSR count). The van der Waals surface area contributed by atoms with Gasteiger partial charge in [0.05, 0.1) is 13.6 Å². The normalized spacial score (nSPS) is 17.3. The van der Waals surface area contributed by atoms with Gasteiger partial charge in [-0.15, -0.1) is 0 Å². The molecule has 0 saturated heterocycles. The Kier molecular flexibility index (Phi) is 7.41. The SMILES string of the molecule is Cc1ccc(CCn2c3c(c4ccccc42)C[N+](C)(CC(=O)c2ccc(Br)cc2)CC3)cn1.[Br-]. The van der Waals surface area contributed by atoms with Gasteiger partial charge in [0.25, 0.3) is 0 Å². The van der Waals surface area contributed by atoms with Crippen molar-refractivity contribution in [3.05, 3.63) is 99.4 Å². The Morgan fingerprint density at radius 1 is 1.09 bits per heavy atom. The lowest BCUT2D eigenvalue weighted by atomic mass is 10.0. The first kappa shape index (κ1) is 24.8. The van der Waals surface area contributed by atoms with Crippen LogP contribution in [0.25, 0.3) is 10.9 Å². The summed E-state index contributed by atoms with van der Waals surface area (Å²) in [4.78, 5) is 17.5. The zero-order chi connectivity index (χ0) is 23.0. The van der Waals surface area contributed by atoms with Crippen molar-refractivity contribution in [2.45, 2.75) is 32.9 Å². The molecule has 0 aliphatic carbocycles. The maximum Gasteiger partial charge on any atom is 0.216 e. The van der Waals surface area contributed by atoms with Crippen molar-refractivity contribution in [3.63, 3.8) is 0 Å². The average molecular weight is 583 g/mol. The number of rotatable bonds is 6. The van der Waals surface area contributed by atoms with E-state index in [-0.39, 0.29) is 22.8 Å². The number of halogens is 2. The molecule has 4 aromatic rings. The lowest BCUT2D eigenvalue weighted by Gasteiger charge is -2.37. The summed E-state index contributed by atoms with van der Waals surface area (Å²) in [5.41, 5.74) is 7.25. The predicted molar refractivity (Wildman–Crippen MR) is 136 cm³/mol. The zero-order valence-electron chi connectivity index (χ0n) is 19.6. The minimum absolute atomic E-state index is 0. The number of pyridine rings is 1. The van der Waals surface area contributed by atoms with E-state index in [1.54, 1.807) is 0 Å². The maximum atomic E-state index is 13.1. The van der Waals surface area contributed by atoms with Crippen molar-refractivity contribution in [3.8, 4) is 0 Å². The van der Waals surface area contributed by atoms with E-state index in [1.165, 1.54) is 27.7 Å². The Morgan fingerprint density at radius 2 is 1.85 bits per heavy atom. The molecule has 2 aromatic heterocycles. The highest BCUT2D eigenvalue weighted by Gasteiger charge is 2.34. The van der Waals surface area contributed by atoms with Crippen LogP contribution in [0, 0.1) is 6.92 Å². The van der Waals surface area contributed by atoms with Gasteiger partial charge in [-0.1, -0.05) is 52.3 Å². The molecular weight excluding hydrogens is 554 g/mol. The summed E-state index contributed by atoms with van der Waals surface area (Å²) in [6.45, 7) is 5.35. The lowest BCUT2D eigenvalue weighted by molar-refractivity contribution is -0.916. The van der Waals surface area contributed by atoms with Crippen LogP contribution in [0.5, 0.6) is 0 Å². The Labute approximate surface area is 220 Å². The van der Waals surface area contributed by atoms with Gasteiger partial charge >= 0.3 is 0 Å². The van der Waals surface area contributed by atoms with Crippen molar-refractivity contribution < 1.29 is 26.3 Å². The molecule has 0 radical (unpaired) electrons. The fourth-order valence-corrected chi connectivity index (χ4v) is 5.34. The summed E-state index contributed by atoms with van der Waals surface area (Å²) in [5.74, 6) is 0.212. The number of likely N-dealkylation sites (N-methyl/N-ethyl adjacent to an activating group) is 1. The molecule has 34 heavy (non-hydrogen) atoms. The van der Waals surface area contributed by atoms with Crippen LogP contribution >= 0.6 is 15.9 Å². The van der Waals surface area contributed by atoms with Crippen LogP contribution in [0.2, 0.25) is 0 Å². The van der Waals surface area contributed by atoms with Crippen molar-refractivity contribution in [2.24, 2.45) is 0 Å². The molecular formula is C28H29Br2N3O. The minimum atomic E-state index is 0. The van der Waals surface area contributed by atoms with E-state index < -0.39 is 0 Å². The van der Waals surface area contributed by atoms with E-state index in [2.05, 4.69) is 68.9 Å². The van der Waals surface area contributed by atoms with Gasteiger partial charge < -0.3 is 26.0 Å². The third-order valence-corrected chi connectivity index (χ3v) is 7.44. The van der Waals surface area contributed by atoms with Crippen LogP contribution in [-0.2, 0) is 25.9 Å². The molecule has 1 aliphatic rings. The smallest absolute Gasteiger partial charge is 0.216 e. The van der Waals surface area contributed by atoms with Gasteiger partial charge in [-0.25, -0.2) is 0 Å². The summed E-state index contributed by atoms with van der Waals surface area (Å²) in [5, 5.41) is 1.33. The highest BCUT2D eigenvalue weighted by molar-refractivity contribution is 9.10. The van der Waals surface area contributed by atoms with Crippen LogP contribution in [0.1, 0.15) is 32.9 Å². The quantitative estimate of drug-likeness (QED) is 0.259. The van der Waals surface area contributed by atoms with E-state index >= 15 is 0 Å². The van der Waals surface area contributed by atoms with Gasteiger partial charge in [-0.2, -0.15) is 0 Å². The zero-order valence-corrected chi connectivity index (χ0v) is 22.8. The second kappa shape index (κ2) is 10.1. The van der Waals surface area contributed by atoms with Crippen molar-refractivity contribution in [1.82, 2.24) is 9.55 Å². The molecule has 1 unspecified atom stereocenters. The van der Waals surface area contributed by atoms with Gasteiger partial charge in [-0.3, -0.25) is 9.78 Å². The number of nitrogens with zero attached hydrogens (tertiary/aromatic N) is 3. The first-order valence-electron chi connectivity index (χ1n) is 11.5. The molecule has 0 N–H and O–H groups in total. The van der Waals surface area contributed by atoms with Crippen LogP contribution in [-0.4, -0.2) is 40.0 Å². The molecule has 1 atom stereocenters. The number of hydrogen-bond acceptors (Lipinski definition) is 2. The third kappa shape index (κ3) is 5.04. The number of quaternary nitrogens is 1. The highest BCUT2D eigenvalue weighted by Crippen LogP contribution is 2.33. The predicted octanol–water partition coefficient (Wildman–Crippen LogP) is 2.74. The monoisotopic (exact) mass is 581 g/mol. The molecule has 4 nitrogen and oxygen atoms in total. The van der Waals surface area contributed by atoms with Gasteiger partial charge in [-0.05, 0) is 43.2 Å². The van der Waals surface area contributed by atoms with Crippen molar-refractivity contribution in [1.29, 1.82) is 0 Å². The molecule has 1 aliphatic heterocycles. The van der Waals surface area contributed by atoms with E-state index in [9.17, 15) is 4.79 Å².